The Morgan fingerprint density at radius 3 is 2.17 bits per heavy atom. The molecular weight excluding hydrogens is 248 g/mol. The quantitative estimate of drug-likeness (QED) is 0.813. The second-order valence-electron chi connectivity index (χ2n) is 7.01. The van der Waals surface area contributed by atoms with Crippen LogP contribution >= 0.6 is 12.4 Å². The molecule has 2 rings (SSSR count). The number of amides is 1. The minimum absolute atomic E-state index is 0. The predicted octanol–water partition coefficient (Wildman–Crippen LogP) is 2.48. The number of carbonyl (C=O) groups is 1. The van der Waals surface area contributed by atoms with Crippen molar-refractivity contribution >= 4 is 18.3 Å². The van der Waals surface area contributed by atoms with Crippen LogP contribution in [-0.2, 0) is 4.79 Å². The zero-order chi connectivity index (χ0) is 12.8. The summed E-state index contributed by atoms with van der Waals surface area (Å²) in [5, 5.41) is 3.23. The van der Waals surface area contributed by atoms with E-state index in [1.807, 2.05) is 0 Å². The fourth-order valence-electron chi connectivity index (χ4n) is 3.28. The maximum Gasteiger partial charge on any atom is 0.223 e. The Morgan fingerprint density at radius 1 is 1.17 bits per heavy atom. The van der Waals surface area contributed by atoms with Crippen molar-refractivity contribution < 1.29 is 4.79 Å². The Hall–Kier alpha value is -0.280. The molecule has 0 aromatic rings. The fourth-order valence-corrected chi connectivity index (χ4v) is 3.28. The van der Waals surface area contributed by atoms with Crippen molar-refractivity contribution in [3.05, 3.63) is 0 Å². The van der Waals surface area contributed by atoms with Crippen molar-refractivity contribution in [1.82, 2.24) is 5.32 Å². The van der Waals surface area contributed by atoms with E-state index in [0.29, 0.717) is 6.04 Å². The van der Waals surface area contributed by atoms with E-state index in [1.165, 1.54) is 0 Å². The van der Waals surface area contributed by atoms with Gasteiger partial charge in [0.25, 0.3) is 0 Å². The predicted molar refractivity (Wildman–Crippen MR) is 76.7 cm³/mol. The lowest BCUT2D eigenvalue weighted by molar-refractivity contribution is -0.126. The maximum absolute atomic E-state index is 12.2. The zero-order valence-electron chi connectivity index (χ0n) is 12.0. The van der Waals surface area contributed by atoms with E-state index in [4.69, 9.17) is 5.73 Å². The minimum Gasteiger partial charge on any atom is -0.352 e. The number of halogens is 1. The topological polar surface area (TPSA) is 55.1 Å². The Balaban J connectivity index is 0.00000162. The molecule has 2 fully saturated rings. The molecule has 0 saturated heterocycles. The van der Waals surface area contributed by atoms with E-state index in [1.54, 1.807) is 0 Å². The largest absolute Gasteiger partial charge is 0.352 e. The number of hydrogen-bond acceptors (Lipinski definition) is 2. The summed E-state index contributed by atoms with van der Waals surface area (Å²) in [6.45, 7) is 8.91. The van der Waals surface area contributed by atoms with Crippen molar-refractivity contribution in [2.45, 2.75) is 65.5 Å². The van der Waals surface area contributed by atoms with Crippen LogP contribution < -0.4 is 11.1 Å². The molecule has 2 saturated carbocycles. The average molecular weight is 275 g/mol. The molecule has 106 valence electrons. The van der Waals surface area contributed by atoms with Crippen molar-refractivity contribution in [3.8, 4) is 0 Å². The van der Waals surface area contributed by atoms with Crippen LogP contribution in [0.15, 0.2) is 0 Å². The summed E-state index contributed by atoms with van der Waals surface area (Å²) in [5.41, 5.74) is 6.38. The molecule has 0 aliphatic heterocycles. The number of carbonyl (C=O) groups excluding carboxylic acids is 1. The summed E-state index contributed by atoms with van der Waals surface area (Å²) in [5.74, 6) is 0.370. The normalized spacial score (nSPS) is 33.4. The highest BCUT2D eigenvalue weighted by atomic mass is 35.5. The lowest BCUT2D eigenvalue weighted by atomic mass is 9.85. The molecular formula is C14H27ClN2O. The van der Waals surface area contributed by atoms with Gasteiger partial charge in [-0.05, 0) is 30.1 Å². The molecule has 2 aliphatic carbocycles. The standard InChI is InChI=1S/C14H26N2O.ClH/c1-13(2)12(14(13,3)4)16-11(17)9-6-5-7-10(15)8-9;/h9-10,12H,5-8,15H2,1-4H3,(H,16,17);1H. The molecule has 0 aromatic heterocycles. The van der Waals surface area contributed by atoms with E-state index in [0.717, 1.165) is 25.7 Å². The highest BCUT2D eigenvalue weighted by Crippen LogP contribution is 2.62. The van der Waals surface area contributed by atoms with Gasteiger partial charge in [0.2, 0.25) is 5.91 Å². The highest BCUT2D eigenvalue weighted by molar-refractivity contribution is 5.85. The van der Waals surface area contributed by atoms with Gasteiger partial charge in [-0.2, -0.15) is 0 Å². The van der Waals surface area contributed by atoms with Gasteiger partial charge < -0.3 is 11.1 Å². The third-order valence-corrected chi connectivity index (χ3v) is 5.39. The van der Waals surface area contributed by atoms with Gasteiger partial charge in [0.05, 0.1) is 0 Å². The molecule has 4 heteroatoms. The van der Waals surface area contributed by atoms with Gasteiger partial charge in [0, 0.05) is 18.0 Å². The number of hydrogen-bond donors (Lipinski definition) is 2. The first-order valence-electron chi connectivity index (χ1n) is 6.83. The van der Waals surface area contributed by atoms with Crippen molar-refractivity contribution in [2.75, 3.05) is 0 Å². The molecule has 0 bridgehead atoms. The molecule has 18 heavy (non-hydrogen) atoms. The first-order chi connectivity index (χ1) is 7.76. The van der Waals surface area contributed by atoms with Crippen LogP contribution in [0.5, 0.6) is 0 Å². The van der Waals surface area contributed by atoms with Crippen molar-refractivity contribution in [3.63, 3.8) is 0 Å². The number of nitrogens with two attached hydrogens (primary N) is 1. The summed E-state index contributed by atoms with van der Waals surface area (Å²) in [7, 11) is 0. The second kappa shape index (κ2) is 5.01. The van der Waals surface area contributed by atoms with Gasteiger partial charge in [-0.15, -0.1) is 12.4 Å². The fraction of sp³-hybridized carbons (Fsp3) is 0.929. The first-order valence-corrected chi connectivity index (χ1v) is 6.83. The van der Waals surface area contributed by atoms with Crippen molar-refractivity contribution in [2.24, 2.45) is 22.5 Å². The minimum atomic E-state index is 0. The molecule has 0 radical (unpaired) electrons. The summed E-state index contributed by atoms with van der Waals surface area (Å²) < 4.78 is 0. The highest BCUT2D eigenvalue weighted by Gasteiger charge is 2.65. The van der Waals surface area contributed by atoms with E-state index in [-0.39, 0.29) is 41.1 Å². The third kappa shape index (κ3) is 2.53. The zero-order valence-corrected chi connectivity index (χ0v) is 12.8. The van der Waals surface area contributed by atoms with Gasteiger partial charge in [-0.25, -0.2) is 0 Å². The summed E-state index contributed by atoms with van der Waals surface area (Å²) in [6, 6.07) is 0.542. The average Bonchev–Trinajstić information content (AvgIpc) is 2.61. The molecule has 3 nitrogen and oxygen atoms in total. The Morgan fingerprint density at radius 2 is 1.72 bits per heavy atom. The van der Waals surface area contributed by atoms with Gasteiger partial charge >= 0.3 is 0 Å². The van der Waals surface area contributed by atoms with E-state index in [9.17, 15) is 4.79 Å². The lowest BCUT2D eigenvalue weighted by Crippen LogP contribution is -2.40. The molecule has 0 heterocycles. The Bertz CT molecular complexity index is 314. The van der Waals surface area contributed by atoms with Gasteiger partial charge in [0.1, 0.15) is 0 Å². The molecule has 1 amide bonds. The molecule has 2 aliphatic rings. The number of rotatable bonds is 2. The monoisotopic (exact) mass is 274 g/mol. The van der Waals surface area contributed by atoms with Crippen LogP contribution in [0.3, 0.4) is 0 Å². The summed E-state index contributed by atoms with van der Waals surface area (Å²) >= 11 is 0. The Kier molecular flexibility index (Phi) is 4.39. The summed E-state index contributed by atoms with van der Waals surface area (Å²) in [6.07, 6.45) is 4.04. The van der Waals surface area contributed by atoms with Crippen molar-refractivity contribution in [1.29, 1.82) is 0 Å². The van der Waals surface area contributed by atoms with Gasteiger partial charge in [0.15, 0.2) is 0 Å². The number of nitrogens with one attached hydrogen (secondary N) is 1. The van der Waals surface area contributed by atoms with Gasteiger partial charge in [-0.3, -0.25) is 4.79 Å². The first kappa shape index (κ1) is 15.8. The molecule has 2 unspecified atom stereocenters. The molecule has 0 spiro atoms. The van der Waals surface area contributed by atoms with Crippen LogP contribution in [0.25, 0.3) is 0 Å². The van der Waals surface area contributed by atoms with Crippen LogP contribution in [0.4, 0.5) is 0 Å². The Labute approximate surface area is 117 Å². The second-order valence-corrected chi connectivity index (χ2v) is 7.01. The van der Waals surface area contributed by atoms with Crippen LogP contribution in [0.1, 0.15) is 53.4 Å². The molecule has 2 atom stereocenters. The van der Waals surface area contributed by atoms with E-state index < -0.39 is 0 Å². The molecule has 0 aromatic carbocycles. The van der Waals surface area contributed by atoms with Crippen LogP contribution in [-0.4, -0.2) is 18.0 Å². The molecule has 3 N–H and O–H groups in total. The summed E-state index contributed by atoms with van der Waals surface area (Å²) in [4.78, 5) is 12.2. The SMILES string of the molecule is CC1(C)C(NC(=O)C2CCCC(N)C2)C1(C)C.Cl. The lowest BCUT2D eigenvalue weighted by Gasteiger charge is -2.26. The van der Waals surface area contributed by atoms with Gasteiger partial charge in [-0.1, -0.05) is 34.1 Å². The van der Waals surface area contributed by atoms with E-state index in [2.05, 4.69) is 33.0 Å². The van der Waals surface area contributed by atoms with Crippen LogP contribution in [0.2, 0.25) is 0 Å². The van der Waals surface area contributed by atoms with E-state index >= 15 is 0 Å². The maximum atomic E-state index is 12.2. The smallest absolute Gasteiger partial charge is 0.223 e. The van der Waals surface area contributed by atoms with Crippen LogP contribution in [0, 0.1) is 16.7 Å². The third-order valence-electron chi connectivity index (χ3n) is 5.39.